The van der Waals surface area contributed by atoms with Crippen molar-refractivity contribution in [1.82, 2.24) is 25.8 Å². The van der Waals surface area contributed by atoms with Crippen LogP contribution in [0.25, 0.3) is 0 Å². The van der Waals surface area contributed by atoms with Gasteiger partial charge in [0.1, 0.15) is 6.04 Å². The number of rotatable bonds is 4. The van der Waals surface area contributed by atoms with Crippen molar-refractivity contribution >= 4 is 17.8 Å². The zero-order chi connectivity index (χ0) is 18.1. The van der Waals surface area contributed by atoms with Crippen LogP contribution in [-0.4, -0.2) is 78.5 Å². The second-order valence-corrected chi connectivity index (χ2v) is 7.91. The van der Waals surface area contributed by atoms with E-state index in [0.29, 0.717) is 13.1 Å². The average Bonchev–Trinajstić information content (AvgIpc) is 3.29. The first-order valence-electron chi connectivity index (χ1n) is 9.20. The van der Waals surface area contributed by atoms with Crippen LogP contribution in [0.3, 0.4) is 0 Å². The third kappa shape index (κ3) is 4.42. The van der Waals surface area contributed by atoms with E-state index in [9.17, 15) is 14.4 Å². The third-order valence-electron chi connectivity index (χ3n) is 5.03. The maximum Gasteiger partial charge on any atom is 0.315 e. The Labute approximate surface area is 148 Å². The van der Waals surface area contributed by atoms with E-state index >= 15 is 0 Å². The van der Waals surface area contributed by atoms with E-state index in [4.69, 9.17) is 0 Å². The molecule has 2 heterocycles. The van der Waals surface area contributed by atoms with E-state index in [2.05, 4.69) is 20.9 Å². The Hall–Kier alpha value is -1.83. The van der Waals surface area contributed by atoms with Crippen LogP contribution in [0, 0.1) is 5.92 Å². The van der Waals surface area contributed by atoms with Crippen LogP contribution in [0.1, 0.15) is 33.1 Å². The summed E-state index contributed by atoms with van der Waals surface area (Å²) in [4.78, 5) is 40.9. The molecule has 3 atom stereocenters. The van der Waals surface area contributed by atoms with Gasteiger partial charge in [-0.15, -0.1) is 0 Å². The van der Waals surface area contributed by atoms with Crippen LogP contribution in [0.2, 0.25) is 0 Å². The van der Waals surface area contributed by atoms with Gasteiger partial charge in [-0.05, 0) is 40.2 Å². The van der Waals surface area contributed by atoms with Gasteiger partial charge < -0.3 is 25.8 Å². The Bertz CT molecular complexity index is 548. The molecule has 2 aliphatic heterocycles. The van der Waals surface area contributed by atoms with Crippen molar-refractivity contribution in [1.29, 1.82) is 0 Å². The lowest BCUT2D eigenvalue weighted by molar-refractivity contribution is -0.136. The molecule has 3 rings (SSSR count). The first-order chi connectivity index (χ1) is 11.8. The fourth-order valence-corrected chi connectivity index (χ4v) is 3.72. The Morgan fingerprint density at radius 2 is 1.84 bits per heavy atom. The van der Waals surface area contributed by atoms with Gasteiger partial charge in [0.25, 0.3) is 0 Å². The molecule has 1 saturated carbocycles. The normalized spacial score (nSPS) is 30.0. The van der Waals surface area contributed by atoms with Crippen molar-refractivity contribution in [2.45, 2.75) is 57.3 Å². The maximum absolute atomic E-state index is 12.9. The summed E-state index contributed by atoms with van der Waals surface area (Å²) in [6, 6.07) is -0.603. The maximum atomic E-state index is 12.9. The minimum Gasteiger partial charge on any atom is -0.343 e. The summed E-state index contributed by atoms with van der Waals surface area (Å²) in [6.45, 7) is 5.61. The van der Waals surface area contributed by atoms with Gasteiger partial charge in [-0.25, -0.2) is 4.79 Å². The Morgan fingerprint density at radius 3 is 2.48 bits per heavy atom. The van der Waals surface area contributed by atoms with Gasteiger partial charge in [-0.1, -0.05) is 0 Å². The number of nitrogens with zero attached hydrogens (tertiary/aromatic N) is 2. The van der Waals surface area contributed by atoms with E-state index in [-0.39, 0.29) is 41.9 Å². The molecule has 0 spiro atoms. The zero-order valence-electron chi connectivity index (χ0n) is 15.2. The third-order valence-corrected chi connectivity index (χ3v) is 5.03. The van der Waals surface area contributed by atoms with Crippen molar-refractivity contribution in [2.75, 3.05) is 26.7 Å². The molecule has 0 bridgehead atoms. The lowest BCUT2D eigenvalue weighted by Gasteiger charge is -2.24. The molecule has 2 saturated heterocycles. The van der Waals surface area contributed by atoms with E-state index in [1.807, 2.05) is 25.8 Å². The summed E-state index contributed by atoms with van der Waals surface area (Å²) >= 11 is 0. The first kappa shape index (κ1) is 18.0. The standard InChI is InChI=1S/C17H29N5O3/c1-10(2)18-17(25)19-12-6-13-8-21(3)9-14(16(24)22(13)7-12)20-15(23)11-4-5-11/h10-14H,4-9H2,1-3H3,(H,20,23)(H2,18,19,25)/t12-,13-,14-/m0/s1. The number of hydrogen-bond donors (Lipinski definition) is 3. The number of carbonyl (C=O) groups excluding carboxylic acids is 3. The second kappa shape index (κ2) is 7.19. The van der Waals surface area contributed by atoms with E-state index in [1.165, 1.54) is 0 Å². The van der Waals surface area contributed by atoms with Crippen molar-refractivity contribution in [3.8, 4) is 0 Å². The number of urea groups is 1. The predicted molar refractivity (Wildman–Crippen MR) is 92.9 cm³/mol. The van der Waals surface area contributed by atoms with Gasteiger partial charge in [0.05, 0.1) is 6.04 Å². The highest BCUT2D eigenvalue weighted by Gasteiger charge is 2.43. The molecule has 3 aliphatic rings. The lowest BCUT2D eigenvalue weighted by Crippen LogP contribution is -2.52. The molecule has 25 heavy (non-hydrogen) atoms. The van der Waals surface area contributed by atoms with Gasteiger partial charge in [0, 0.05) is 37.6 Å². The van der Waals surface area contributed by atoms with Crippen LogP contribution in [0.4, 0.5) is 4.79 Å². The predicted octanol–water partition coefficient (Wildman–Crippen LogP) is -0.496. The highest BCUT2D eigenvalue weighted by atomic mass is 16.2. The molecule has 8 heteroatoms. The number of carbonyl (C=O) groups is 3. The summed E-state index contributed by atoms with van der Waals surface area (Å²) < 4.78 is 0. The molecule has 0 unspecified atom stereocenters. The number of hydrogen-bond acceptors (Lipinski definition) is 4. The molecule has 3 N–H and O–H groups in total. The largest absolute Gasteiger partial charge is 0.343 e. The molecule has 0 aromatic rings. The van der Waals surface area contributed by atoms with Crippen molar-refractivity contribution in [3.63, 3.8) is 0 Å². The van der Waals surface area contributed by atoms with Crippen LogP contribution in [-0.2, 0) is 9.59 Å². The molecule has 140 valence electrons. The van der Waals surface area contributed by atoms with E-state index in [0.717, 1.165) is 25.8 Å². The lowest BCUT2D eigenvalue weighted by atomic mass is 10.1. The smallest absolute Gasteiger partial charge is 0.315 e. The number of likely N-dealkylation sites (N-methyl/N-ethyl adjacent to an activating group) is 1. The van der Waals surface area contributed by atoms with Gasteiger partial charge in [0.15, 0.2) is 0 Å². The fraction of sp³-hybridized carbons (Fsp3) is 0.824. The molecule has 0 aromatic heterocycles. The quantitative estimate of drug-likeness (QED) is 0.637. The zero-order valence-corrected chi connectivity index (χ0v) is 15.2. The van der Waals surface area contributed by atoms with Crippen molar-refractivity contribution in [3.05, 3.63) is 0 Å². The van der Waals surface area contributed by atoms with E-state index in [1.54, 1.807) is 0 Å². The fourth-order valence-electron chi connectivity index (χ4n) is 3.72. The van der Waals surface area contributed by atoms with Gasteiger partial charge in [-0.2, -0.15) is 0 Å². The summed E-state index contributed by atoms with van der Waals surface area (Å²) in [7, 11) is 1.97. The van der Waals surface area contributed by atoms with Crippen LogP contribution in [0.15, 0.2) is 0 Å². The molecule has 8 nitrogen and oxygen atoms in total. The highest BCUT2D eigenvalue weighted by Crippen LogP contribution is 2.29. The van der Waals surface area contributed by atoms with E-state index < -0.39 is 6.04 Å². The minimum absolute atomic E-state index is 0.00427. The summed E-state index contributed by atoms with van der Waals surface area (Å²) in [5.74, 6) is 0.0529. The first-order valence-corrected chi connectivity index (χ1v) is 9.20. The van der Waals surface area contributed by atoms with Crippen LogP contribution >= 0.6 is 0 Å². The van der Waals surface area contributed by atoms with Crippen LogP contribution in [0.5, 0.6) is 0 Å². The van der Waals surface area contributed by atoms with Gasteiger partial charge >= 0.3 is 6.03 Å². The molecular weight excluding hydrogens is 322 g/mol. The molecule has 1 aliphatic carbocycles. The Morgan fingerprint density at radius 1 is 1.12 bits per heavy atom. The second-order valence-electron chi connectivity index (χ2n) is 7.91. The Kier molecular flexibility index (Phi) is 5.17. The summed E-state index contributed by atoms with van der Waals surface area (Å²) in [5, 5.41) is 8.70. The van der Waals surface area contributed by atoms with Crippen LogP contribution < -0.4 is 16.0 Å². The number of nitrogens with one attached hydrogen (secondary N) is 3. The minimum atomic E-state index is -0.494. The molecule has 4 amide bonds. The SMILES string of the molecule is CC(C)NC(=O)N[C@H]1C[C@H]2CN(C)C[C@H](NC(=O)C3CC3)C(=O)N2C1. The average molecular weight is 351 g/mol. The van der Waals surface area contributed by atoms with Gasteiger partial charge in [0.2, 0.25) is 11.8 Å². The number of amides is 4. The molecular formula is C17H29N5O3. The molecule has 0 aromatic carbocycles. The Balaban J connectivity index is 1.62. The van der Waals surface area contributed by atoms with Crippen molar-refractivity contribution in [2.24, 2.45) is 5.92 Å². The molecule has 0 radical (unpaired) electrons. The topological polar surface area (TPSA) is 93.8 Å². The van der Waals surface area contributed by atoms with Crippen molar-refractivity contribution < 1.29 is 14.4 Å². The monoisotopic (exact) mass is 351 g/mol. The summed E-state index contributed by atoms with van der Waals surface area (Å²) in [6.07, 6.45) is 2.59. The van der Waals surface area contributed by atoms with Gasteiger partial charge in [-0.3, -0.25) is 9.59 Å². The number of fused-ring (bicyclic) bond motifs is 1. The summed E-state index contributed by atoms with van der Waals surface area (Å²) in [5.41, 5.74) is 0. The highest BCUT2D eigenvalue weighted by molar-refractivity contribution is 5.90. The molecule has 3 fully saturated rings.